The molecule has 0 saturated carbocycles. The molecule has 0 bridgehead atoms. The Hall–Kier alpha value is -3.10. The van der Waals surface area contributed by atoms with E-state index >= 15 is 0 Å². The zero-order valence-electron chi connectivity index (χ0n) is 17.0. The Kier molecular flexibility index (Phi) is 5.02. The van der Waals surface area contributed by atoms with Crippen molar-refractivity contribution in [3.8, 4) is 11.1 Å². The zero-order valence-corrected chi connectivity index (χ0v) is 17.8. The molecule has 30 heavy (non-hydrogen) atoms. The number of allylic oxidation sites excluding steroid dienone is 3. The fraction of sp³-hybridized carbons (Fsp3) is 0.107. The summed E-state index contributed by atoms with van der Waals surface area (Å²) in [7, 11) is 0. The average molecular weight is 406 g/mol. The summed E-state index contributed by atoms with van der Waals surface area (Å²) in [6.45, 7) is 6.29. The first-order valence-corrected chi connectivity index (χ1v) is 11.1. The highest BCUT2D eigenvalue weighted by atomic mass is 32.2. The smallest absolute Gasteiger partial charge is 0.0633 e. The van der Waals surface area contributed by atoms with E-state index < -0.39 is 0 Å². The second-order valence-electron chi connectivity index (χ2n) is 7.72. The largest absolute Gasteiger partial charge is 0.253 e. The van der Waals surface area contributed by atoms with E-state index in [4.69, 9.17) is 4.99 Å². The lowest BCUT2D eigenvalue weighted by molar-refractivity contribution is 0.880. The third-order valence-corrected chi connectivity index (χ3v) is 7.11. The van der Waals surface area contributed by atoms with Crippen molar-refractivity contribution >= 4 is 23.2 Å². The van der Waals surface area contributed by atoms with Gasteiger partial charge in [-0.05, 0) is 46.9 Å². The molecule has 1 aliphatic heterocycles. The molecule has 0 radical (unpaired) electrons. The van der Waals surface area contributed by atoms with Gasteiger partial charge >= 0.3 is 0 Å². The van der Waals surface area contributed by atoms with Gasteiger partial charge in [-0.2, -0.15) is 0 Å². The molecule has 0 amide bonds. The average Bonchev–Trinajstić information content (AvgIpc) is 3.17. The highest BCUT2D eigenvalue weighted by Gasteiger charge is 2.31. The maximum atomic E-state index is 4.83. The Balaban J connectivity index is 1.37. The number of hydrogen-bond acceptors (Lipinski definition) is 2. The predicted octanol–water partition coefficient (Wildman–Crippen LogP) is 7.52. The van der Waals surface area contributed by atoms with Crippen LogP contribution in [0, 0.1) is 0 Å². The summed E-state index contributed by atoms with van der Waals surface area (Å²) in [5.41, 5.74) is 7.84. The summed E-state index contributed by atoms with van der Waals surface area (Å²) in [5, 5.41) is 0.524. The van der Waals surface area contributed by atoms with Crippen LogP contribution in [0.1, 0.15) is 29.5 Å². The van der Waals surface area contributed by atoms with Crippen molar-refractivity contribution in [2.24, 2.45) is 4.99 Å². The van der Waals surface area contributed by atoms with E-state index in [1.165, 1.54) is 27.1 Å². The molecule has 0 N–H and O–H groups in total. The molecule has 146 valence electrons. The van der Waals surface area contributed by atoms with Gasteiger partial charge in [-0.1, -0.05) is 91.5 Å². The second kappa shape index (κ2) is 7.97. The van der Waals surface area contributed by atoms with Crippen LogP contribution in [0.5, 0.6) is 0 Å². The van der Waals surface area contributed by atoms with Crippen LogP contribution in [0.3, 0.4) is 0 Å². The number of nitrogens with zero attached hydrogens (tertiary/aromatic N) is 1. The van der Waals surface area contributed by atoms with E-state index in [1.54, 1.807) is 0 Å². The second-order valence-corrected chi connectivity index (χ2v) is 8.94. The van der Waals surface area contributed by atoms with Gasteiger partial charge in [0, 0.05) is 21.8 Å². The van der Waals surface area contributed by atoms with Gasteiger partial charge in [0.05, 0.1) is 5.70 Å². The van der Waals surface area contributed by atoms with Crippen LogP contribution in [-0.4, -0.2) is 11.0 Å². The zero-order chi connectivity index (χ0) is 20.5. The summed E-state index contributed by atoms with van der Waals surface area (Å²) in [6.07, 6.45) is 8.93. The molecule has 0 saturated heterocycles. The van der Waals surface area contributed by atoms with Crippen molar-refractivity contribution < 1.29 is 0 Å². The van der Waals surface area contributed by atoms with Crippen molar-refractivity contribution in [3.63, 3.8) is 0 Å². The molecule has 0 spiro atoms. The molecule has 1 nitrogen and oxygen atoms in total. The Labute approximate surface area is 182 Å². The minimum absolute atomic E-state index is 0.469. The lowest BCUT2D eigenvalue weighted by Gasteiger charge is -2.15. The van der Waals surface area contributed by atoms with Crippen LogP contribution < -0.4 is 0 Å². The van der Waals surface area contributed by atoms with Crippen LogP contribution in [0.4, 0.5) is 0 Å². The van der Waals surface area contributed by atoms with Gasteiger partial charge in [-0.15, -0.1) is 11.8 Å². The Morgan fingerprint density at radius 1 is 0.833 bits per heavy atom. The Morgan fingerprint density at radius 2 is 1.53 bits per heavy atom. The summed E-state index contributed by atoms with van der Waals surface area (Å²) in [5.74, 6) is 0.469. The highest BCUT2D eigenvalue weighted by molar-refractivity contribution is 8.00. The van der Waals surface area contributed by atoms with Gasteiger partial charge < -0.3 is 0 Å². The van der Waals surface area contributed by atoms with Gasteiger partial charge in [0.25, 0.3) is 0 Å². The number of benzene rings is 3. The molecule has 5 rings (SSSR count). The third-order valence-electron chi connectivity index (χ3n) is 5.76. The summed E-state index contributed by atoms with van der Waals surface area (Å²) >= 11 is 1.96. The molecule has 0 aromatic heterocycles. The van der Waals surface area contributed by atoms with Gasteiger partial charge in [0.1, 0.15) is 0 Å². The molecule has 3 aromatic carbocycles. The lowest BCUT2D eigenvalue weighted by atomic mass is 9.91. The van der Waals surface area contributed by atoms with Crippen LogP contribution in [-0.2, 0) is 0 Å². The van der Waals surface area contributed by atoms with Crippen LogP contribution in [0.2, 0.25) is 0 Å². The molecule has 1 aliphatic carbocycles. The fourth-order valence-corrected chi connectivity index (χ4v) is 5.41. The fourth-order valence-electron chi connectivity index (χ4n) is 4.09. The van der Waals surface area contributed by atoms with Crippen LogP contribution in [0.15, 0.2) is 114 Å². The van der Waals surface area contributed by atoms with E-state index in [0.29, 0.717) is 11.2 Å². The quantitative estimate of drug-likeness (QED) is 0.409. The first-order valence-electron chi connectivity index (χ1n) is 10.2. The van der Waals surface area contributed by atoms with Crippen LogP contribution >= 0.6 is 11.8 Å². The standard InChI is InChI=1S/C28H23NS/c1-19(21-12-14-23(15-13-21)22-8-4-3-5-9-22)29-20(2)24-16-17-28-26(18-24)25-10-6-7-11-27(25)30-28/h3-18,25,27H,1H2,2H3. The molecular weight excluding hydrogens is 382 g/mol. The number of hydrogen-bond donors (Lipinski definition) is 0. The maximum Gasteiger partial charge on any atom is 0.0633 e. The van der Waals surface area contributed by atoms with Crippen molar-refractivity contribution in [1.29, 1.82) is 0 Å². The maximum absolute atomic E-state index is 4.83. The molecule has 2 aliphatic rings. The summed E-state index contributed by atoms with van der Waals surface area (Å²) in [6, 6.07) is 25.6. The monoisotopic (exact) mass is 405 g/mol. The first-order chi connectivity index (χ1) is 14.7. The molecule has 2 heteroatoms. The normalized spacial score (nSPS) is 19.4. The van der Waals surface area contributed by atoms with E-state index in [1.807, 2.05) is 17.8 Å². The third kappa shape index (κ3) is 3.59. The lowest BCUT2D eigenvalue weighted by Crippen LogP contribution is -2.07. The molecule has 1 heterocycles. The minimum Gasteiger partial charge on any atom is -0.253 e. The number of fused-ring (bicyclic) bond motifs is 3. The summed E-state index contributed by atoms with van der Waals surface area (Å²) < 4.78 is 0. The highest BCUT2D eigenvalue weighted by Crippen LogP contribution is 2.48. The molecule has 3 aromatic rings. The molecule has 0 fully saturated rings. The number of rotatable bonds is 4. The van der Waals surface area contributed by atoms with Gasteiger partial charge in [-0.3, -0.25) is 4.99 Å². The SMILES string of the molecule is C=C(N=C(C)c1ccc2c(c1)C1C=CC=CC1S2)c1ccc(-c2ccccc2)cc1. The van der Waals surface area contributed by atoms with Gasteiger partial charge in [-0.25, -0.2) is 0 Å². The van der Waals surface area contributed by atoms with Crippen molar-refractivity contribution in [2.45, 2.75) is 23.0 Å². The number of aliphatic imine (C=N–C) groups is 1. The van der Waals surface area contributed by atoms with E-state index in [-0.39, 0.29) is 0 Å². The molecular formula is C28H23NS. The van der Waals surface area contributed by atoms with Crippen molar-refractivity contribution in [1.82, 2.24) is 0 Å². The minimum atomic E-state index is 0.469. The van der Waals surface area contributed by atoms with Crippen molar-refractivity contribution in [3.05, 3.63) is 120 Å². The van der Waals surface area contributed by atoms with E-state index in [0.717, 1.165) is 17.0 Å². The molecule has 2 unspecified atom stereocenters. The topological polar surface area (TPSA) is 12.4 Å². The van der Waals surface area contributed by atoms with Gasteiger partial charge in [0.2, 0.25) is 0 Å². The Bertz CT molecular complexity index is 1180. The van der Waals surface area contributed by atoms with E-state index in [9.17, 15) is 0 Å². The van der Waals surface area contributed by atoms with E-state index in [2.05, 4.69) is 105 Å². The summed E-state index contributed by atoms with van der Waals surface area (Å²) in [4.78, 5) is 6.22. The predicted molar refractivity (Wildman–Crippen MR) is 130 cm³/mol. The molecule has 2 atom stereocenters. The number of thioether (sulfide) groups is 1. The van der Waals surface area contributed by atoms with Crippen molar-refractivity contribution in [2.75, 3.05) is 0 Å². The first kappa shape index (κ1) is 18.9. The van der Waals surface area contributed by atoms with Crippen LogP contribution in [0.25, 0.3) is 16.8 Å². The van der Waals surface area contributed by atoms with Gasteiger partial charge in [0.15, 0.2) is 0 Å². The Morgan fingerprint density at radius 3 is 2.33 bits per heavy atom.